The predicted molar refractivity (Wildman–Crippen MR) is 102 cm³/mol. The lowest BCUT2D eigenvalue weighted by Gasteiger charge is -2.22. The number of aromatic amines is 1. The Labute approximate surface area is 157 Å². The highest BCUT2D eigenvalue weighted by Crippen LogP contribution is 2.29. The molecular formula is C21H19N5O. The van der Waals surface area contributed by atoms with Crippen molar-refractivity contribution in [3.05, 3.63) is 69.0 Å². The maximum absolute atomic E-state index is 12.1. The number of nitrogens with zero attached hydrogens (tertiary/aromatic N) is 4. The van der Waals surface area contributed by atoms with Gasteiger partial charge in [-0.2, -0.15) is 10.5 Å². The van der Waals surface area contributed by atoms with Gasteiger partial charge in [0.1, 0.15) is 17.6 Å². The fourth-order valence-corrected chi connectivity index (χ4v) is 3.20. The molecule has 3 rings (SSSR count). The second-order valence-electron chi connectivity index (χ2n) is 6.80. The van der Waals surface area contributed by atoms with E-state index in [1.54, 1.807) is 13.0 Å². The van der Waals surface area contributed by atoms with E-state index < -0.39 is 5.41 Å². The minimum Gasteiger partial charge on any atom is -0.322 e. The molecule has 2 aromatic heterocycles. The van der Waals surface area contributed by atoms with Crippen LogP contribution in [0.2, 0.25) is 0 Å². The molecule has 6 nitrogen and oxygen atoms in total. The molecule has 2 heterocycles. The minimum atomic E-state index is -0.859. The lowest BCUT2D eigenvalue weighted by atomic mass is 9.79. The molecule has 0 spiro atoms. The lowest BCUT2D eigenvalue weighted by molar-refractivity contribution is 0.594. The van der Waals surface area contributed by atoms with Crippen LogP contribution < -0.4 is 5.56 Å². The highest BCUT2D eigenvalue weighted by molar-refractivity contribution is 5.80. The normalized spacial score (nSPS) is 12.9. The van der Waals surface area contributed by atoms with E-state index in [9.17, 15) is 10.1 Å². The largest absolute Gasteiger partial charge is 0.322 e. The zero-order valence-corrected chi connectivity index (χ0v) is 15.5. The number of nitriles is 2. The maximum Gasteiger partial charge on any atom is 0.251 e. The van der Waals surface area contributed by atoms with Gasteiger partial charge in [0.05, 0.1) is 11.5 Å². The monoisotopic (exact) mass is 357 g/mol. The van der Waals surface area contributed by atoms with E-state index in [0.717, 1.165) is 16.5 Å². The molecule has 0 fully saturated rings. The molecule has 0 aliphatic heterocycles. The van der Waals surface area contributed by atoms with Crippen LogP contribution in [0.4, 0.5) is 0 Å². The number of H-pyrrole nitrogens is 1. The van der Waals surface area contributed by atoms with Crippen molar-refractivity contribution in [1.29, 1.82) is 10.5 Å². The number of fused-ring (bicyclic) bond motifs is 1. The Morgan fingerprint density at radius 2 is 1.96 bits per heavy atom. The summed E-state index contributed by atoms with van der Waals surface area (Å²) in [6.45, 7) is 5.49. The van der Waals surface area contributed by atoms with E-state index in [-0.39, 0.29) is 11.3 Å². The summed E-state index contributed by atoms with van der Waals surface area (Å²) in [5.74, 6) is 0.499. The number of aromatic nitrogens is 3. The van der Waals surface area contributed by atoms with E-state index in [1.807, 2.05) is 44.2 Å². The van der Waals surface area contributed by atoms with Gasteiger partial charge < -0.3 is 4.98 Å². The van der Waals surface area contributed by atoms with Crippen LogP contribution in [0.25, 0.3) is 10.9 Å². The van der Waals surface area contributed by atoms with Gasteiger partial charge in [-0.15, -0.1) is 0 Å². The first-order chi connectivity index (χ1) is 12.9. The molecule has 0 amide bonds. The van der Waals surface area contributed by atoms with Gasteiger partial charge in [-0.3, -0.25) is 4.79 Å². The smallest absolute Gasteiger partial charge is 0.251 e. The molecule has 27 heavy (non-hydrogen) atoms. The summed E-state index contributed by atoms with van der Waals surface area (Å²) in [7, 11) is 0. The summed E-state index contributed by atoms with van der Waals surface area (Å²) < 4.78 is 0. The molecule has 3 aromatic rings. The summed E-state index contributed by atoms with van der Waals surface area (Å²) in [6.07, 6.45) is 1.00. The van der Waals surface area contributed by atoms with Crippen molar-refractivity contribution in [2.24, 2.45) is 0 Å². The summed E-state index contributed by atoms with van der Waals surface area (Å²) in [5, 5.41) is 19.9. The third-order valence-electron chi connectivity index (χ3n) is 4.73. The highest BCUT2D eigenvalue weighted by Gasteiger charge is 2.28. The van der Waals surface area contributed by atoms with Crippen molar-refractivity contribution in [2.75, 3.05) is 0 Å². The first-order valence-corrected chi connectivity index (χ1v) is 8.71. The third kappa shape index (κ3) is 3.56. The Kier molecular flexibility index (Phi) is 4.75. The van der Waals surface area contributed by atoms with Crippen molar-refractivity contribution < 1.29 is 0 Å². The highest BCUT2D eigenvalue weighted by atomic mass is 16.1. The molecule has 1 atom stereocenters. The minimum absolute atomic E-state index is 0.106. The molecule has 0 radical (unpaired) electrons. The van der Waals surface area contributed by atoms with E-state index in [0.29, 0.717) is 29.9 Å². The van der Waals surface area contributed by atoms with Crippen LogP contribution in [-0.4, -0.2) is 15.0 Å². The van der Waals surface area contributed by atoms with Gasteiger partial charge in [0.25, 0.3) is 5.56 Å². The SMILES string of the molecule is CCc1cc2ccc(C(C)(C#N)Cc3cc(C#N)nc(C)n3)cc2[nH]c1=O. The molecule has 6 heteroatoms. The number of pyridine rings is 1. The number of hydrogen-bond donors (Lipinski definition) is 1. The van der Waals surface area contributed by atoms with E-state index >= 15 is 0 Å². The molecule has 134 valence electrons. The molecule has 0 aliphatic rings. The average Bonchev–Trinajstić information content (AvgIpc) is 2.66. The van der Waals surface area contributed by atoms with Gasteiger partial charge in [-0.05, 0) is 49.4 Å². The lowest BCUT2D eigenvalue weighted by Crippen LogP contribution is -2.24. The quantitative estimate of drug-likeness (QED) is 0.772. The molecule has 0 bridgehead atoms. The molecule has 0 saturated heterocycles. The molecule has 1 unspecified atom stereocenters. The molecule has 1 N–H and O–H groups in total. The molecule has 0 aliphatic carbocycles. The van der Waals surface area contributed by atoms with Crippen LogP contribution in [0.5, 0.6) is 0 Å². The van der Waals surface area contributed by atoms with Gasteiger partial charge in [0.15, 0.2) is 0 Å². The van der Waals surface area contributed by atoms with E-state index in [1.165, 1.54) is 0 Å². The zero-order valence-electron chi connectivity index (χ0n) is 15.5. The van der Waals surface area contributed by atoms with Crippen molar-refractivity contribution >= 4 is 10.9 Å². The van der Waals surface area contributed by atoms with E-state index in [4.69, 9.17) is 5.26 Å². The van der Waals surface area contributed by atoms with Crippen LogP contribution in [0.1, 0.15) is 42.2 Å². The van der Waals surface area contributed by atoms with Gasteiger partial charge >= 0.3 is 0 Å². The first kappa shape index (κ1) is 18.3. The van der Waals surface area contributed by atoms with Crippen LogP contribution in [0, 0.1) is 29.6 Å². The van der Waals surface area contributed by atoms with Crippen LogP contribution in [-0.2, 0) is 18.3 Å². The summed E-state index contributed by atoms with van der Waals surface area (Å²) >= 11 is 0. The maximum atomic E-state index is 12.1. The van der Waals surface area contributed by atoms with E-state index in [2.05, 4.69) is 21.0 Å². The van der Waals surface area contributed by atoms with Gasteiger partial charge in [0, 0.05) is 23.2 Å². The Balaban J connectivity index is 2.06. The first-order valence-electron chi connectivity index (χ1n) is 8.71. The van der Waals surface area contributed by atoms with Crippen LogP contribution in [0.15, 0.2) is 35.1 Å². The Morgan fingerprint density at radius 3 is 2.63 bits per heavy atom. The summed E-state index contributed by atoms with van der Waals surface area (Å²) in [4.78, 5) is 23.5. The van der Waals surface area contributed by atoms with Crippen LogP contribution >= 0.6 is 0 Å². The average molecular weight is 357 g/mol. The van der Waals surface area contributed by atoms with Crippen molar-refractivity contribution in [3.63, 3.8) is 0 Å². The third-order valence-corrected chi connectivity index (χ3v) is 4.73. The van der Waals surface area contributed by atoms with Crippen molar-refractivity contribution in [3.8, 4) is 12.1 Å². The second kappa shape index (κ2) is 7.01. The van der Waals surface area contributed by atoms with Gasteiger partial charge in [-0.25, -0.2) is 9.97 Å². The predicted octanol–water partition coefficient (Wildman–Crippen LogP) is 3.08. The molecular weight excluding hydrogens is 338 g/mol. The number of benzene rings is 1. The van der Waals surface area contributed by atoms with Crippen LogP contribution in [0.3, 0.4) is 0 Å². The molecule has 0 saturated carbocycles. The fraction of sp³-hybridized carbons (Fsp3) is 0.286. The zero-order chi connectivity index (χ0) is 19.6. The molecule has 1 aromatic carbocycles. The van der Waals surface area contributed by atoms with Crippen molar-refractivity contribution in [2.45, 2.75) is 39.0 Å². The fourth-order valence-electron chi connectivity index (χ4n) is 3.20. The van der Waals surface area contributed by atoms with Gasteiger partial charge in [-0.1, -0.05) is 19.1 Å². The Morgan fingerprint density at radius 1 is 1.19 bits per heavy atom. The number of rotatable bonds is 4. The summed E-state index contributed by atoms with van der Waals surface area (Å²) in [5.41, 5.74) is 2.18. The number of aryl methyl sites for hydroxylation is 2. The number of hydrogen-bond acceptors (Lipinski definition) is 5. The Hall–Kier alpha value is -3.51. The standard InChI is InChI=1S/C21H19N5O/c1-4-14-7-15-5-6-16(8-19(15)26-20(14)27)21(3,12-23)10-17-9-18(11-22)25-13(2)24-17/h5-9H,4,10H2,1-3H3,(H,26,27). The summed E-state index contributed by atoms with van der Waals surface area (Å²) in [6, 6.07) is 13.5. The topological polar surface area (TPSA) is 106 Å². The number of nitrogens with one attached hydrogen (secondary N) is 1. The van der Waals surface area contributed by atoms with Gasteiger partial charge in [0.2, 0.25) is 0 Å². The Bertz CT molecular complexity index is 1170. The second-order valence-corrected chi connectivity index (χ2v) is 6.80. The van der Waals surface area contributed by atoms with Crippen molar-refractivity contribution in [1.82, 2.24) is 15.0 Å².